The lowest BCUT2D eigenvalue weighted by Crippen LogP contribution is -2.35. The number of carbonyl (C=O) groups is 5. The first kappa shape index (κ1) is 56.9. The standard InChI is InChI=1S/C23H19F6N5O4.C21H16BrF6N5O3/c1-13(35)16-9-14(10-32-21(16)38-12-22(24,25)26)19(36)30-7-8-31-20(37)17-11-34(15-5-3-2-4-6-15)33-18(17)23(27,28)29;22-15-8-12(9-31-19(15)36-11-20(23,24)25)17(34)29-6-7-30-18(35)14-10-33(13-4-2-1-3-5-13)32-16(14)21(26,27)28/h2-6,9-11H,7-8,12H2,1H3,(H,30,36)(H,31,37);1-5,8-10H,6-7,11H2,(H,29,34)(H,30,35). The van der Waals surface area contributed by atoms with Crippen LogP contribution in [-0.2, 0) is 12.4 Å². The van der Waals surface area contributed by atoms with Gasteiger partial charge < -0.3 is 30.7 Å². The van der Waals surface area contributed by atoms with Crippen LogP contribution in [0.5, 0.6) is 11.8 Å². The second kappa shape index (κ2) is 24.1. The van der Waals surface area contributed by atoms with Crippen molar-refractivity contribution in [3.05, 3.63) is 141 Å². The SMILES string of the molecule is CC(=O)c1cc(C(=O)NCCNC(=O)c2cn(-c3ccccc3)nc2C(F)(F)F)cnc1OCC(F)(F)F.O=C(NCCNC(=O)c1cn(-c2ccccc2)nc1C(F)(F)F)c1cnc(OCC(F)(F)F)c(Br)c1. The number of ketones is 1. The van der Waals surface area contributed by atoms with E-state index in [-0.39, 0.29) is 53.2 Å². The van der Waals surface area contributed by atoms with Crippen LogP contribution in [0.4, 0.5) is 52.7 Å². The van der Waals surface area contributed by atoms with Gasteiger partial charge >= 0.3 is 24.7 Å². The molecule has 0 aliphatic heterocycles. The summed E-state index contributed by atoms with van der Waals surface area (Å²) in [4.78, 5) is 68.4. The summed E-state index contributed by atoms with van der Waals surface area (Å²) in [5, 5.41) is 16.3. The van der Waals surface area contributed by atoms with Crippen LogP contribution in [0.1, 0.15) is 70.1 Å². The molecule has 74 heavy (non-hydrogen) atoms. The van der Waals surface area contributed by atoms with Crippen LogP contribution in [0, 0.1) is 0 Å². The van der Waals surface area contributed by atoms with Crippen molar-refractivity contribution in [3.8, 4) is 23.1 Å². The minimum atomic E-state index is -4.90. The van der Waals surface area contributed by atoms with Crippen LogP contribution in [0.3, 0.4) is 0 Å². The molecule has 6 aromatic rings. The van der Waals surface area contributed by atoms with Gasteiger partial charge in [0.1, 0.15) is 0 Å². The van der Waals surface area contributed by atoms with Crippen LogP contribution in [0.15, 0.2) is 102 Å². The first-order chi connectivity index (χ1) is 34.6. The van der Waals surface area contributed by atoms with Crippen molar-refractivity contribution in [2.45, 2.75) is 31.6 Å². The molecular formula is C44H35BrF12N10O7. The van der Waals surface area contributed by atoms with Crippen molar-refractivity contribution in [2.75, 3.05) is 39.4 Å². The third-order valence-electron chi connectivity index (χ3n) is 9.20. The average molecular weight is 1120 g/mol. The third kappa shape index (κ3) is 16.5. The van der Waals surface area contributed by atoms with E-state index in [2.05, 4.69) is 66.8 Å². The second-order valence-corrected chi connectivity index (χ2v) is 15.7. The number of Topliss-reactive ketones (excluding diaryl/α,β-unsaturated/α-hetero) is 1. The van der Waals surface area contributed by atoms with Gasteiger partial charge in [-0.25, -0.2) is 19.3 Å². The lowest BCUT2D eigenvalue weighted by Gasteiger charge is -2.12. The summed E-state index contributed by atoms with van der Waals surface area (Å²) in [5.41, 5.74) is -4.12. The topological polar surface area (TPSA) is 213 Å². The molecule has 0 aliphatic carbocycles. The lowest BCUT2D eigenvalue weighted by molar-refractivity contribution is -0.154. The Bertz CT molecular complexity index is 2950. The van der Waals surface area contributed by atoms with Crippen molar-refractivity contribution in [3.63, 3.8) is 0 Å². The van der Waals surface area contributed by atoms with Crippen LogP contribution in [-0.4, -0.2) is 111 Å². The summed E-state index contributed by atoms with van der Waals surface area (Å²) < 4.78 is 165. The van der Waals surface area contributed by atoms with Gasteiger partial charge in [-0.2, -0.15) is 62.9 Å². The number of halogens is 13. The third-order valence-corrected chi connectivity index (χ3v) is 9.76. The van der Waals surface area contributed by atoms with E-state index in [9.17, 15) is 76.7 Å². The van der Waals surface area contributed by atoms with E-state index in [1.165, 1.54) is 30.3 Å². The lowest BCUT2D eigenvalue weighted by atomic mass is 10.1. The van der Waals surface area contributed by atoms with Crippen molar-refractivity contribution in [2.24, 2.45) is 0 Å². The number of alkyl halides is 12. The van der Waals surface area contributed by atoms with Crippen LogP contribution >= 0.6 is 15.9 Å². The Morgan fingerprint density at radius 1 is 0.527 bits per heavy atom. The zero-order valence-electron chi connectivity index (χ0n) is 37.4. The van der Waals surface area contributed by atoms with E-state index in [1.54, 1.807) is 36.4 Å². The number of nitrogens with one attached hydrogen (secondary N) is 4. The fourth-order valence-corrected chi connectivity index (χ4v) is 6.39. The minimum Gasteiger partial charge on any atom is -0.467 e. The van der Waals surface area contributed by atoms with E-state index in [0.29, 0.717) is 11.4 Å². The Hall–Kier alpha value is -8.05. The van der Waals surface area contributed by atoms with Gasteiger partial charge in [-0.1, -0.05) is 36.4 Å². The summed E-state index contributed by atoms with van der Waals surface area (Å²) in [5.74, 6) is -5.29. The molecule has 394 valence electrons. The fourth-order valence-electron chi connectivity index (χ4n) is 5.92. The maximum atomic E-state index is 13.4. The predicted molar refractivity (Wildman–Crippen MR) is 236 cm³/mol. The number of pyridine rings is 2. The number of hydrogen-bond acceptors (Lipinski definition) is 11. The number of carbonyl (C=O) groups excluding carboxylic acids is 5. The van der Waals surface area contributed by atoms with Gasteiger partial charge in [0, 0.05) is 51.0 Å². The largest absolute Gasteiger partial charge is 0.467 e. The molecule has 0 spiro atoms. The predicted octanol–water partition coefficient (Wildman–Crippen LogP) is 7.74. The smallest absolute Gasteiger partial charge is 0.435 e. The van der Waals surface area contributed by atoms with Crippen molar-refractivity contribution >= 4 is 45.3 Å². The van der Waals surface area contributed by atoms with Gasteiger partial charge in [-0.05, 0) is 59.3 Å². The Morgan fingerprint density at radius 2 is 0.892 bits per heavy atom. The van der Waals surface area contributed by atoms with Gasteiger partial charge in [-0.15, -0.1) is 0 Å². The van der Waals surface area contributed by atoms with Crippen LogP contribution in [0.25, 0.3) is 11.4 Å². The number of aromatic nitrogens is 6. The summed E-state index contributed by atoms with van der Waals surface area (Å²) >= 11 is 2.96. The number of ether oxygens (including phenoxy) is 2. The van der Waals surface area contributed by atoms with Crippen molar-refractivity contribution in [1.82, 2.24) is 50.8 Å². The van der Waals surface area contributed by atoms with Crippen LogP contribution < -0.4 is 30.7 Å². The Morgan fingerprint density at radius 3 is 1.26 bits per heavy atom. The first-order valence-corrected chi connectivity index (χ1v) is 21.5. The molecule has 0 bridgehead atoms. The van der Waals surface area contributed by atoms with Crippen LogP contribution in [0.2, 0.25) is 0 Å². The minimum absolute atomic E-state index is 0.00260. The molecule has 30 heteroatoms. The Kier molecular flexibility index (Phi) is 18.5. The highest BCUT2D eigenvalue weighted by molar-refractivity contribution is 9.10. The highest BCUT2D eigenvalue weighted by Gasteiger charge is 2.41. The molecule has 4 amide bonds. The number of para-hydroxylation sites is 2. The van der Waals surface area contributed by atoms with E-state index < -0.39 is 95.7 Å². The molecule has 4 aromatic heterocycles. The molecular weight excluding hydrogens is 1090 g/mol. The molecule has 0 saturated heterocycles. The quantitative estimate of drug-likeness (QED) is 0.0394. The van der Waals surface area contributed by atoms with Gasteiger partial charge in [0.05, 0.1) is 43.7 Å². The molecule has 0 radical (unpaired) electrons. The number of hydrogen-bond donors (Lipinski definition) is 4. The van der Waals surface area contributed by atoms with Gasteiger partial charge in [0.25, 0.3) is 23.6 Å². The zero-order valence-corrected chi connectivity index (χ0v) is 39.0. The molecule has 0 fully saturated rings. The van der Waals surface area contributed by atoms with Gasteiger partial charge in [0.2, 0.25) is 11.8 Å². The fraction of sp³-hybridized carbons (Fsp3) is 0.250. The molecule has 0 atom stereocenters. The Balaban J connectivity index is 0.000000274. The average Bonchev–Trinajstić information content (AvgIpc) is 4.01. The number of nitrogens with zero attached hydrogens (tertiary/aromatic N) is 6. The first-order valence-electron chi connectivity index (χ1n) is 20.7. The molecule has 4 heterocycles. The second-order valence-electron chi connectivity index (χ2n) is 14.8. The number of benzene rings is 2. The number of amides is 4. The van der Waals surface area contributed by atoms with Gasteiger partial charge in [0.15, 0.2) is 30.4 Å². The van der Waals surface area contributed by atoms with Crippen molar-refractivity contribution < 1.29 is 86.1 Å². The summed E-state index contributed by atoms with van der Waals surface area (Å²) in [6.07, 6.45) is -15.3. The summed E-state index contributed by atoms with van der Waals surface area (Å²) in [6, 6.07) is 17.9. The number of rotatable bonds is 17. The van der Waals surface area contributed by atoms with E-state index in [4.69, 9.17) is 0 Å². The van der Waals surface area contributed by atoms with E-state index in [0.717, 1.165) is 47.1 Å². The molecule has 0 aliphatic rings. The zero-order chi connectivity index (χ0) is 54.6. The molecule has 0 saturated carbocycles. The molecule has 17 nitrogen and oxygen atoms in total. The summed E-state index contributed by atoms with van der Waals surface area (Å²) in [7, 11) is 0. The highest BCUT2D eigenvalue weighted by Crippen LogP contribution is 2.33. The van der Waals surface area contributed by atoms with Gasteiger partial charge in [-0.3, -0.25) is 24.0 Å². The maximum absolute atomic E-state index is 13.4. The molecule has 6 rings (SSSR count). The highest BCUT2D eigenvalue weighted by atomic mass is 79.9. The molecule has 0 unspecified atom stereocenters. The van der Waals surface area contributed by atoms with E-state index >= 15 is 0 Å². The monoisotopic (exact) mass is 1120 g/mol. The maximum Gasteiger partial charge on any atom is 0.435 e. The van der Waals surface area contributed by atoms with E-state index in [1.807, 2.05) is 0 Å². The summed E-state index contributed by atoms with van der Waals surface area (Å²) in [6.45, 7) is -3.11. The molecule has 2 aromatic carbocycles. The normalized spacial score (nSPS) is 11.7. The Labute approximate surface area is 416 Å². The van der Waals surface area contributed by atoms with Crippen molar-refractivity contribution in [1.29, 1.82) is 0 Å². The molecule has 4 N–H and O–H groups in total.